The second-order valence-electron chi connectivity index (χ2n) is 6.11. The van der Waals surface area contributed by atoms with Crippen molar-refractivity contribution in [2.75, 3.05) is 24.6 Å². The maximum Gasteiger partial charge on any atom is 0.226 e. The molecule has 1 amide bonds. The van der Waals surface area contributed by atoms with E-state index in [0.29, 0.717) is 5.91 Å². The van der Waals surface area contributed by atoms with Gasteiger partial charge in [0.25, 0.3) is 0 Å². The first-order valence-corrected chi connectivity index (χ1v) is 10.2. The summed E-state index contributed by atoms with van der Waals surface area (Å²) in [5.41, 5.74) is 1.06. The first-order valence-electron chi connectivity index (χ1n) is 8.20. The number of thiazole rings is 1. The van der Waals surface area contributed by atoms with Crippen LogP contribution in [0.1, 0.15) is 23.8 Å². The molecule has 0 saturated carbocycles. The number of fused-ring (bicyclic) bond motifs is 1. The van der Waals surface area contributed by atoms with Gasteiger partial charge in [0.2, 0.25) is 5.91 Å². The topological polar surface area (TPSA) is 33.2 Å². The van der Waals surface area contributed by atoms with Crippen LogP contribution in [0.3, 0.4) is 0 Å². The van der Waals surface area contributed by atoms with E-state index >= 15 is 0 Å². The fraction of sp³-hybridized carbons (Fsp3) is 0.444. The number of hydrogen-bond acceptors (Lipinski definition) is 4. The lowest BCUT2D eigenvalue weighted by Gasteiger charge is -2.33. The molecule has 23 heavy (non-hydrogen) atoms. The molecule has 0 bridgehead atoms. The van der Waals surface area contributed by atoms with E-state index in [4.69, 9.17) is 4.98 Å². The van der Waals surface area contributed by atoms with E-state index < -0.39 is 0 Å². The first kappa shape index (κ1) is 15.2. The maximum atomic E-state index is 13.0. The van der Waals surface area contributed by atoms with Gasteiger partial charge in [0.15, 0.2) is 0 Å². The number of nitrogens with zero attached hydrogens (tertiary/aromatic N) is 2. The lowest BCUT2D eigenvalue weighted by Crippen LogP contribution is -2.43. The third kappa shape index (κ3) is 3.04. The number of allylic oxidation sites excluding steroid dienone is 2. The second kappa shape index (κ2) is 6.65. The lowest BCUT2D eigenvalue weighted by atomic mass is 9.82. The van der Waals surface area contributed by atoms with Gasteiger partial charge in [-0.3, -0.25) is 4.79 Å². The van der Waals surface area contributed by atoms with E-state index in [9.17, 15) is 4.79 Å². The van der Waals surface area contributed by atoms with Gasteiger partial charge in [-0.2, -0.15) is 11.8 Å². The molecule has 2 aromatic rings. The summed E-state index contributed by atoms with van der Waals surface area (Å²) in [5, 5.41) is 1.13. The van der Waals surface area contributed by atoms with E-state index in [-0.39, 0.29) is 11.8 Å². The third-order valence-electron chi connectivity index (χ3n) is 4.70. The van der Waals surface area contributed by atoms with Crippen LogP contribution in [-0.4, -0.2) is 40.4 Å². The van der Waals surface area contributed by atoms with E-state index in [1.807, 2.05) is 17.8 Å². The summed E-state index contributed by atoms with van der Waals surface area (Å²) in [7, 11) is 0. The SMILES string of the molecule is O=C([C@@H]1CC=CC[C@H]1c1nc2ccccc2s1)N1CCSCC1. The van der Waals surface area contributed by atoms with Crippen molar-refractivity contribution in [2.24, 2.45) is 5.92 Å². The van der Waals surface area contributed by atoms with Crippen LogP contribution in [0.25, 0.3) is 10.2 Å². The number of hydrogen-bond donors (Lipinski definition) is 0. The Hall–Kier alpha value is -1.33. The molecule has 1 aliphatic carbocycles. The summed E-state index contributed by atoms with van der Waals surface area (Å²) in [6, 6.07) is 8.26. The van der Waals surface area contributed by atoms with Gasteiger partial charge in [-0.15, -0.1) is 11.3 Å². The van der Waals surface area contributed by atoms with Gasteiger partial charge in [-0.05, 0) is 25.0 Å². The highest BCUT2D eigenvalue weighted by Crippen LogP contribution is 2.39. The van der Waals surface area contributed by atoms with Crippen molar-refractivity contribution in [3.63, 3.8) is 0 Å². The molecule has 0 unspecified atom stereocenters. The second-order valence-corrected chi connectivity index (χ2v) is 8.40. The first-order chi connectivity index (χ1) is 11.3. The molecule has 3 nitrogen and oxygen atoms in total. The predicted molar refractivity (Wildman–Crippen MR) is 98.1 cm³/mol. The quantitative estimate of drug-likeness (QED) is 0.774. The van der Waals surface area contributed by atoms with E-state index in [1.54, 1.807) is 11.3 Å². The zero-order valence-corrected chi connectivity index (χ0v) is 14.6. The van der Waals surface area contributed by atoms with Crippen molar-refractivity contribution < 1.29 is 4.79 Å². The van der Waals surface area contributed by atoms with Gasteiger partial charge in [-0.25, -0.2) is 4.98 Å². The number of benzene rings is 1. The summed E-state index contributed by atoms with van der Waals surface area (Å²) >= 11 is 3.70. The fourth-order valence-corrected chi connectivity index (χ4v) is 5.48. The molecule has 2 heterocycles. The number of para-hydroxylation sites is 1. The smallest absolute Gasteiger partial charge is 0.226 e. The highest BCUT2D eigenvalue weighted by molar-refractivity contribution is 7.99. The minimum atomic E-state index is 0.0589. The average molecular weight is 345 g/mol. The van der Waals surface area contributed by atoms with E-state index in [1.165, 1.54) is 4.70 Å². The van der Waals surface area contributed by atoms with Gasteiger partial charge in [0.05, 0.1) is 21.1 Å². The molecule has 0 spiro atoms. The minimum absolute atomic E-state index is 0.0589. The fourth-order valence-electron chi connectivity index (χ4n) is 3.43. The monoisotopic (exact) mass is 344 g/mol. The zero-order valence-electron chi connectivity index (χ0n) is 13.0. The lowest BCUT2D eigenvalue weighted by molar-refractivity contribution is -0.136. The van der Waals surface area contributed by atoms with Gasteiger partial charge in [0, 0.05) is 30.5 Å². The Morgan fingerprint density at radius 3 is 2.74 bits per heavy atom. The normalized spacial score (nSPS) is 25.0. The summed E-state index contributed by atoms with van der Waals surface area (Å²) in [6.07, 6.45) is 6.17. The molecular weight excluding hydrogens is 324 g/mol. The van der Waals surface area contributed by atoms with E-state index in [0.717, 1.165) is 48.0 Å². The van der Waals surface area contributed by atoms with Crippen LogP contribution in [-0.2, 0) is 4.79 Å². The maximum absolute atomic E-state index is 13.0. The minimum Gasteiger partial charge on any atom is -0.341 e. The van der Waals surface area contributed by atoms with Crippen molar-refractivity contribution in [3.05, 3.63) is 41.4 Å². The summed E-state index contributed by atoms with van der Waals surface area (Å²) in [4.78, 5) is 19.9. The molecule has 2 aliphatic rings. The van der Waals surface area contributed by atoms with Gasteiger partial charge in [0.1, 0.15) is 0 Å². The molecule has 1 aromatic heterocycles. The van der Waals surface area contributed by atoms with Crippen LogP contribution in [0.4, 0.5) is 0 Å². The molecule has 1 fully saturated rings. The molecule has 4 rings (SSSR count). The number of aromatic nitrogens is 1. The van der Waals surface area contributed by atoms with Crippen LogP contribution < -0.4 is 0 Å². The number of carbonyl (C=O) groups is 1. The van der Waals surface area contributed by atoms with E-state index in [2.05, 4.69) is 35.3 Å². The number of amides is 1. The molecule has 2 atom stereocenters. The number of rotatable bonds is 2. The van der Waals surface area contributed by atoms with Gasteiger partial charge < -0.3 is 4.90 Å². The van der Waals surface area contributed by atoms with Crippen LogP contribution in [0.2, 0.25) is 0 Å². The third-order valence-corrected chi connectivity index (χ3v) is 6.81. The summed E-state index contributed by atoms with van der Waals surface area (Å²) in [6.45, 7) is 1.80. The Labute approximate surface area is 144 Å². The number of thioether (sulfide) groups is 1. The van der Waals surface area contributed by atoms with Crippen LogP contribution in [0.15, 0.2) is 36.4 Å². The zero-order chi connectivity index (χ0) is 15.6. The molecule has 120 valence electrons. The molecule has 0 N–H and O–H groups in total. The molecular formula is C18H20N2OS2. The molecule has 0 radical (unpaired) electrons. The Bertz CT molecular complexity index is 700. The largest absolute Gasteiger partial charge is 0.341 e. The predicted octanol–water partition coefficient (Wildman–Crippen LogP) is 3.92. The van der Waals surface area contributed by atoms with Crippen molar-refractivity contribution in [3.8, 4) is 0 Å². The van der Waals surface area contributed by atoms with Gasteiger partial charge in [-0.1, -0.05) is 24.3 Å². The molecule has 1 saturated heterocycles. The summed E-state index contributed by atoms with van der Waals surface area (Å²) in [5.74, 6) is 2.77. The highest BCUT2D eigenvalue weighted by atomic mass is 32.2. The Morgan fingerprint density at radius 1 is 1.13 bits per heavy atom. The Balaban J connectivity index is 1.62. The standard InChI is InChI=1S/C18H20N2OS2/c21-18(20-9-11-22-12-10-20)14-6-2-1-5-13(14)17-19-15-7-3-4-8-16(15)23-17/h1-4,7-8,13-14H,5-6,9-12H2/t13-,14-/m1/s1. The van der Waals surface area contributed by atoms with Crippen molar-refractivity contribution in [1.29, 1.82) is 0 Å². The Morgan fingerprint density at radius 2 is 1.91 bits per heavy atom. The van der Waals surface area contributed by atoms with Gasteiger partial charge >= 0.3 is 0 Å². The molecule has 1 aromatic carbocycles. The van der Waals surface area contributed by atoms with Crippen LogP contribution in [0.5, 0.6) is 0 Å². The van der Waals surface area contributed by atoms with Crippen molar-refractivity contribution in [2.45, 2.75) is 18.8 Å². The molecule has 1 aliphatic heterocycles. The van der Waals surface area contributed by atoms with Crippen molar-refractivity contribution >= 4 is 39.2 Å². The van der Waals surface area contributed by atoms with Crippen LogP contribution in [0, 0.1) is 5.92 Å². The molecule has 5 heteroatoms. The summed E-state index contributed by atoms with van der Waals surface area (Å²) < 4.78 is 1.22. The number of carbonyl (C=O) groups excluding carboxylic acids is 1. The van der Waals surface area contributed by atoms with Crippen LogP contribution >= 0.6 is 23.1 Å². The highest BCUT2D eigenvalue weighted by Gasteiger charge is 2.35. The Kier molecular flexibility index (Phi) is 4.40. The van der Waals surface area contributed by atoms with Crippen molar-refractivity contribution in [1.82, 2.24) is 9.88 Å². The average Bonchev–Trinajstić information content (AvgIpc) is 3.06.